The third kappa shape index (κ3) is 6.01. The Morgan fingerprint density at radius 2 is 0.869 bits per heavy atom. The van der Waals surface area contributed by atoms with E-state index in [0.717, 1.165) is 55.7 Å². The third-order valence-corrected chi connectivity index (χ3v) is 13.2. The van der Waals surface area contributed by atoms with Gasteiger partial charge in [-0.3, -0.25) is 0 Å². The molecule has 0 aliphatic rings. The van der Waals surface area contributed by atoms with Crippen LogP contribution in [-0.2, 0) is 0 Å². The summed E-state index contributed by atoms with van der Waals surface area (Å²) in [6.45, 7) is 0. The molecular formula is C58H37NOS. The van der Waals surface area contributed by atoms with Gasteiger partial charge in [-0.05, 0) is 98.8 Å². The van der Waals surface area contributed by atoms with Crippen molar-refractivity contribution in [1.82, 2.24) is 0 Å². The van der Waals surface area contributed by atoms with Gasteiger partial charge in [0.05, 0.1) is 11.4 Å². The molecule has 0 atom stereocenters. The molecule has 2 heterocycles. The Hall–Kier alpha value is -7.72. The Bertz CT molecular complexity index is 3610. The maximum absolute atomic E-state index is 6.28. The van der Waals surface area contributed by atoms with Gasteiger partial charge in [-0.25, -0.2) is 0 Å². The summed E-state index contributed by atoms with van der Waals surface area (Å²) in [7, 11) is 0. The highest BCUT2D eigenvalue weighted by atomic mass is 32.1. The number of nitrogens with zero attached hydrogens (tertiary/aromatic N) is 1. The lowest BCUT2D eigenvalue weighted by atomic mass is 9.90. The standard InChI is InChI=1S/C58H37NOS/c1-2-16-43-39(14-1)15-13-23-45(43)46-18-3-4-19-47(46)48-20-6-10-25-54(48)59(42-32-28-38(29-33-42)40-30-34-51-50-22-8-12-27-57(50)61-58(51)37-40)53-24-9-5-17-44(53)41-31-35-56-52(36-41)49-21-7-11-26-55(49)60-56/h1-37H. The van der Waals surface area contributed by atoms with E-state index in [-0.39, 0.29) is 0 Å². The number of hydrogen-bond acceptors (Lipinski definition) is 3. The van der Waals surface area contributed by atoms with E-state index in [9.17, 15) is 0 Å². The summed E-state index contributed by atoms with van der Waals surface area (Å²) in [6.07, 6.45) is 0. The molecule has 0 N–H and O–H groups in total. The zero-order valence-electron chi connectivity index (χ0n) is 33.1. The molecule has 0 saturated carbocycles. The van der Waals surface area contributed by atoms with Gasteiger partial charge in [-0.15, -0.1) is 11.3 Å². The number of thiophene rings is 1. The molecule has 0 saturated heterocycles. The maximum Gasteiger partial charge on any atom is 0.135 e. The fraction of sp³-hybridized carbons (Fsp3) is 0. The minimum Gasteiger partial charge on any atom is -0.456 e. The Balaban J connectivity index is 1.05. The summed E-state index contributed by atoms with van der Waals surface area (Å²) in [6, 6.07) is 81.4. The molecule has 12 rings (SSSR count). The second-order valence-corrected chi connectivity index (χ2v) is 16.7. The Kier molecular flexibility index (Phi) is 8.39. The van der Waals surface area contributed by atoms with Gasteiger partial charge in [0.25, 0.3) is 0 Å². The van der Waals surface area contributed by atoms with Gasteiger partial charge >= 0.3 is 0 Å². The van der Waals surface area contributed by atoms with Crippen LogP contribution in [0.2, 0.25) is 0 Å². The molecule has 12 aromatic rings. The molecule has 0 aliphatic heterocycles. The highest BCUT2D eigenvalue weighted by Gasteiger charge is 2.23. The summed E-state index contributed by atoms with van der Waals surface area (Å²) in [4.78, 5) is 2.45. The van der Waals surface area contributed by atoms with Crippen LogP contribution in [0.4, 0.5) is 17.1 Å². The summed E-state index contributed by atoms with van der Waals surface area (Å²) >= 11 is 1.86. The third-order valence-electron chi connectivity index (χ3n) is 12.1. The second-order valence-electron chi connectivity index (χ2n) is 15.6. The number of para-hydroxylation sites is 3. The van der Waals surface area contributed by atoms with Crippen molar-refractivity contribution in [3.8, 4) is 44.5 Å². The molecule has 10 aromatic carbocycles. The first-order chi connectivity index (χ1) is 30.2. The molecule has 0 amide bonds. The van der Waals surface area contributed by atoms with Gasteiger partial charge in [-0.1, -0.05) is 170 Å². The van der Waals surface area contributed by atoms with Gasteiger partial charge in [0.15, 0.2) is 0 Å². The van der Waals surface area contributed by atoms with E-state index < -0.39 is 0 Å². The molecule has 286 valence electrons. The zero-order chi connectivity index (χ0) is 40.3. The van der Waals surface area contributed by atoms with Gasteiger partial charge in [-0.2, -0.15) is 0 Å². The van der Waals surface area contributed by atoms with Crippen LogP contribution in [0.1, 0.15) is 0 Å². The van der Waals surface area contributed by atoms with Crippen LogP contribution in [0.15, 0.2) is 229 Å². The highest BCUT2D eigenvalue weighted by molar-refractivity contribution is 7.25. The summed E-state index contributed by atoms with van der Waals surface area (Å²) in [5.74, 6) is 0. The predicted octanol–water partition coefficient (Wildman–Crippen LogP) is 17.2. The molecule has 0 radical (unpaired) electrons. The van der Waals surface area contributed by atoms with Gasteiger partial charge in [0, 0.05) is 47.8 Å². The molecule has 0 spiro atoms. The number of fused-ring (bicyclic) bond motifs is 7. The SMILES string of the molecule is c1ccc(-c2cccc3ccccc23)c(-c2ccccc2N(c2ccc(-c3ccc4c(c3)sc3ccccc34)cc2)c2ccccc2-c2ccc3oc4ccccc4c3c2)c1. The number of benzene rings is 10. The lowest BCUT2D eigenvalue weighted by molar-refractivity contribution is 0.669. The summed E-state index contributed by atoms with van der Waals surface area (Å²) in [5, 5.41) is 7.33. The van der Waals surface area contributed by atoms with E-state index in [0.29, 0.717) is 0 Å². The smallest absolute Gasteiger partial charge is 0.135 e. The molecule has 0 aliphatic carbocycles. The molecule has 2 nitrogen and oxygen atoms in total. The topological polar surface area (TPSA) is 16.4 Å². The minimum absolute atomic E-state index is 0.888. The molecular weight excluding hydrogens is 759 g/mol. The van der Waals surface area contributed by atoms with Crippen molar-refractivity contribution in [2.24, 2.45) is 0 Å². The van der Waals surface area contributed by atoms with Gasteiger partial charge in [0.1, 0.15) is 11.2 Å². The Morgan fingerprint density at radius 3 is 1.70 bits per heavy atom. The van der Waals surface area contributed by atoms with E-state index in [1.54, 1.807) is 0 Å². The summed E-state index contributed by atoms with van der Waals surface area (Å²) in [5.41, 5.74) is 14.4. The Morgan fingerprint density at radius 1 is 0.311 bits per heavy atom. The van der Waals surface area contributed by atoms with Crippen LogP contribution < -0.4 is 4.90 Å². The van der Waals surface area contributed by atoms with Crippen LogP contribution in [0.5, 0.6) is 0 Å². The first-order valence-corrected chi connectivity index (χ1v) is 21.6. The monoisotopic (exact) mass is 795 g/mol. The van der Waals surface area contributed by atoms with Crippen molar-refractivity contribution in [3.05, 3.63) is 224 Å². The maximum atomic E-state index is 6.28. The van der Waals surface area contributed by atoms with E-state index >= 15 is 0 Å². The van der Waals surface area contributed by atoms with Crippen LogP contribution in [-0.4, -0.2) is 0 Å². The molecule has 0 fully saturated rings. The van der Waals surface area contributed by atoms with Crippen LogP contribution in [0.3, 0.4) is 0 Å². The zero-order valence-corrected chi connectivity index (χ0v) is 33.9. The first kappa shape index (κ1) is 35.2. The first-order valence-electron chi connectivity index (χ1n) is 20.7. The molecule has 61 heavy (non-hydrogen) atoms. The van der Waals surface area contributed by atoms with Crippen LogP contribution in [0.25, 0.3) is 97.4 Å². The lowest BCUT2D eigenvalue weighted by Gasteiger charge is -2.30. The van der Waals surface area contributed by atoms with Crippen LogP contribution in [0, 0.1) is 0 Å². The minimum atomic E-state index is 0.888. The van der Waals surface area contributed by atoms with Crippen molar-refractivity contribution in [2.75, 3.05) is 4.90 Å². The largest absolute Gasteiger partial charge is 0.456 e. The molecule has 2 aromatic heterocycles. The van der Waals surface area contributed by atoms with E-state index in [2.05, 4.69) is 217 Å². The second kappa shape index (κ2) is 14.5. The lowest BCUT2D eigenvalue weighted by Crippen LogP contribution is -2.12. The fourth-order valence-electron chi connectivity index (χ4n) is 9.23. The number of hydrogen-bond donors (Lipinski definition) is 0. The van der Waals surface area contributed by atoms with Crippen LogP contribution >= 0.6 is 11.3 Å². The van der Waals surface area contributed by atoms with Crippen molar-refractivity contribution in [3.63, 3.8) is 0 Å². The predicted molar refractivity (Wildman–Crippen MR) is 261 cm³/mol. The number of furan rings is 1. The average molecular weight is 796 g/mol. The van der Waals surface area contributed by atoms with Crippen molar-refractivity contribution in [2.45, 2.75) is 0 Å². The van der Waals surface area contributed by atoms with E-state index in [1.807, 2.05) is 23.5 Å². The highest BCUT2D eigenvalue weighted by Crippen LogP contribution is 2.48. The molecule has 0 bridgehead atoms. The van der Waals surface area contributed by atoms with Gasteiger partial charge in [0.2, 0.25) is 0 Å². The van der Waals surface area contributed by atoms with E-state index in [1.165, 1.54) is 58.8 Å². The summed E-state index contributed by atoms with van der Waals surface area (Å²) < 4.78 is 8.90. The van der Waals surface area contributed by atoms with Crippen molar-refractivity contribution in [1.29, 1.82) is 0 Å². The van der Waals surface area contributed by atoms with E-state index in [4.69, 9.17) is 4.42 Å². The number of rotatable bonds is 7. The Labute approximate surface area is 357 Å². The number of anilines is 3. The van der Waals surface area contributed by atoms with Crippen molar-refractivity contribution < 1.29 is 4.42 Å². The normalized spacial score (nSPS) is 11.6. The quantitative estimate of drug-likeness (QED) is 0.160. The van der Waals surface area contributed by atoms with Gasteiger partial charge < -0.3 is 9.32 Å². The molecule has 0 unspecified atom stereocenters. The fourth-order valence-corrected chi connectivity index (χ4v) is 10.4. The van der Waals surface area contributed by atoms with Crippen molar-refractivity contribution >= 4 is 81.3 Å². The average Bonchev–Trinajstić information content (AvgIpc) is 3.90. The molecule has 3 heteroatoms.